The lowest BCUT2D eigenvalue weighted by atomic mass is 9.76. The third-order valence-electron chi connectivity index (χ3n) is 5.09. The van der Waals surface area contributed by atoms with Gasteiger partial charge in [0.2, 0.25) is 0 Å². The lowest BCUT2D eigenvalue weighted by Crippen LogP contribution is -2.48. The van der Waals surface area contributed by atoms with Gasteiger partial charge in [0.1, 0.15) is 6.10 Å². The van der Waals surface area contributed by atoms with Crippen molar-refractivity contribution in [3.63, 3.8) is 0 Å². The van der Waals surface area contributed by atoms with E-state index in [1.807, 2.05) is 13.8 Å². The highest BCUT2D eigenvalue weighted by Crippen LogP contribution is 2.38. The Morgan fingerprint density at radius 1 is 1.25 bits per heavy atom. The Hall–Kier alpha value is -0.450. The van der Waals surface area contributed by atoms with Crippen LogP contribution in [0.15, 0.2) is 0 Å². The molecule has 4 nitrogen and oxygen atoms in total. The summed E-state index contributed by atoms with van der Waals surface area (Å²) >= 11 is 0. The van der Waals surface area contributed by atoms with Crippen molar-refractivity contribution in [1.82, 2.24) is 0 Å². The normalized spacial score (nSPS) is 27.7. The summed E-state index contributed by atoms with van der Waals surface area (Å²) in [6, 6.07) is 0. The number of aliphatic hydroxyl groups is 1. The Labute approximate surface area is 121 Å². The van der Waals surface area contributed by atoms with Gasteiger partial charge in [0, 0.05) is 25.7 Å². The van der Waals surface area contributed by atoms with E-state index in [2.05, 4.69) is 0 Å². The monoisotopic (exact) mass is 284 g/mol. The predicted molar refractivity (Wildman–Crippen MR) is 76.5 cm³/mol. The number of ketones is 1. The summed E-state index contributed by atoms with van der Waals surface area (Å²) in [5.41, 5.74) is -0.176. The molecule has 4 heteroatoms. The van der Waals surface area contributed by atoms with Crippen molar-refractivity contribution in [2.75, 3.05) is 19.8 Å². The van der Waals surface area contributed by atoms with Crippen molar-refractivity contribution < 1.29 is 19.4 Å². The molecule has 1 N–H and O–H groups in total. The quantitative estimate of drug-likeness (QED) is 0.842. The number of hydrogen-bond acceptors (Lipinski definition) is 4. The fourth-order valence-corrected chi connectivity index (χ4v) is 3.57. The fraction of sp³-hybridized carbons (Fsp3) is 0.938. The third kappa shape index (κ3) is 3.41. The fourth-order valence-electron chi connectivity index (χ4n) is 3.57. The van der Waals surface area contributed by atoms with E-state index in [9.17, 15) is 9.90 Å². The lowest BCUT2D eigenvalue weighted by molar-refractivity contribution is -0.162. The van der Waals surface area contributed by atoms with E-state index in [1.54, 1.807) is 0 Å². The number of ether oxygens (including phenoxy) is 2. The van der Waals surface area contributed by atoms with Crippen LogP contribution in [-0.4, -0.2) is 42.4 Å². The second-order valence-corrected chi connectivity index (χ2v) is 6.26. The van der Waals surface area contributed by atoms with Crippen LogP contribution in [0.25, 0.3) is 0 Å². The van der Waals surface area contributed by atoms with Gasteiger partial charge in [-0.1, -0.05) is 26.7 Å². The molecular formula is C16H28O4. The number of Topliss-reactive ketones (excluding diaryl/α,β-unsaturated/α-hetero) is 1. The van der Waals surface area contributed by atoms with Crippen molar-refractivity contribution in [1.29, 1.82) is 0 Å². The predicted octanol–water partition coefficient (Wildman–Crippen LogP) is 2.33. The van der Waals surface area contributed by atoms with E-state index < -0.39 is 6.10 Å². The van der Waals surface area contributed by atoms with Crippen LogP contribution in [0.2, 0.25) is 0 Å². The minimum absolute atomic E-state index is 0.0351. The van der Waals surface area contributed by atoms with Gasteiger partial charge < -0.3 is 14.6 Å². The lowest BCUT2D eigenvalue weighted by Gasteiger charge is -2.43. The topological polar surface area (TPSA) is 55.8 Å². The summed E-state index contributed by atoms with van der Waals surface area (Å²) in [6.07, 6.45) is 4.16. The van der Waals surface area contributed by atoms with Crippen molar-refractivity contribution in [3.05, 3.63) is 0 Å². The second kappa shape index (κ2) is 7.01. The smallest absolute Gasteiger partial charge is 0.164 e. The van der Waals surface area contributed by atoms with E-state index in [0.717, 1.165) is 51.7 Å². The first-order valence-electron chi connectivity index (χ1n) is 8.05. The average molecular weight is 284 g/mol. The molecule has 2 aliphatic heterocycles. The molecule has 0 radical (unpaired) electrons. The molecule has 2 saturated heterocycles. The molecule has 1 spiro atoms. The Morgan fingerprint density at radius 2 is 1.90 bits per heavy atom. The van der Waals surface area contributed by atoms with Crippen LogP contribution in [0.4, 0.5) is 0 Å². The highest BCUT2D eigenvalue weighted by atomic mass is 16.5. The summed E-state index contributed by atoms with van der Waals surface area (Å²) in [5, 5.41) is 10.3. The Kier molecular flexibility index (Phi) is 5.58. The zero-order valence-electron chi connectivity index (χ0n) is 12.8. The van der Waals surface area contributed by atoms with Crippen molar-refractivity contribution >= 4 is 5.78 Å². The molecule has 0 saturated carbocycles. The SMILES string of the molecule is CCC(CC)C(O)C(=O)C1CCOC2(CCOCC2)C1. The number of hydrogen-bond donors (Lipinski definition) is 1. The first kappa shape index (κ1) is 15.9. The Bertz CT molecular complexity index is 313. The Morgan fingerprint density at radius 3 is 2.50 bits per heavy atom. The molecule has 116 valence electrons. The van der Waals surface area contributed by atoms with Crippen LogP contribution in [-0.2, 0) is 14.3 Å². The highest BCUT2D eigenvalue weighted by Gasteiger charge is 2.42. The van der Waals surface area contributed by atoms with Gasteiger partial charge in [-0.15, -0.1) is 0 Å². The molecule has 2 rings (SSSR count). The molecule has 2 aliphatic rings. The number of rotatable bonds is 5. The zero-order chi connectivity index (χ0) is 14.6. The van der Waals surface area contributed by atoms with Gasteiger partial charge in [-0.05, 0) is 31.6 Å². The molecule has 2 unspecified atom stereocenters. The van der Waals surface area contributed by atoms with Crippen LogP contribution >= 0.6 is 0 Å². The molecule has 2 atom stereocenters. The van der Waals surface area contributed by atoms with Crippen LogP contribution in [0.1, 0.15) is 52.4 Å². The van der Waals surface area contributed by atoms with Gasteiger partial charge in [0.05, 0.1) is 5.60 Å². The van der Waals surface area contributed by atoms with Gasteiger partial charge in [0.25, 0.3) is 0 Å². The minimum atomic E-state index is -0.801. The van der Waals surface area contributed by atoms with Crippen LogP contribution in [0.5, 0.6) is 0 Å². The van der Waals surface area contributed by atoms with Gasteiger partial charge in [-0.2, -0.15) is 0 Å². The summed E-state index contributed by atoms with van der Waals surface area (Å²) in [7, 11) is 0. The van der Waals surface area contributed by atoms with Gasteiger partial charge >= 0.3 is 0 Å². The molecule has 0 aliphatic carbocycles. The average Bonchev–Trinajstić information content (AvgIpc) is 2.48. The van der Waals surface area contributed by atoms with Crippen molar-refractivity contribution in [2.45, 2.75) is 64.1 Å². The molecular weight excluding hydrogens is 256 g/mol. The molecule has 0 aromatic rings. The van der Waals surface area contributed by atoms with Crippen molar-refractivity contribution in [3.8, 4) is 0 Å². The van der Waals surface area contributed by atoms with E-state index in [-0.39, 0.29) is 23.2 Å². The van der Waals surface area contributed by atoms with Gasteiger partial charge in [0.15, 0.2) is 5.78 Å². The molecule has 0 bridgehead atoms. The van der Waals surface area contributed by atoms with Gasteiger partial charge in [-0.25, -0.2) is 0 Å². The van der Waals surface area contributed by atoms with Crippen LogP contribution in [0, 0.1) is 11.8 Å². The number of carbonyl (C=O) groups is 1. The van der Waals surface area contributed by atoms with E-state index in [4.69, 9.17) is 9.47 Å². The Balaban J connectivity index is 1.99. The van der Waals surface area contributed by atoms with Gasteiger partial charge in [-0.3, -0.25) is 4.79 Å². The molecule has 2 heterocycles. The molecule has 0 aromatic heterocycles. The zero-order valence-corrected chi connectivity index (χ0v) is 12.8. The molecule has 0 aromatic carbocycles. The summed E-state index contributed by atoms with van der Waals surface area (Å²) in [5.74, 6) is 0.0845. The van der Waals surface area contributed by atoms with Crippen molar-refractivity contribution in [2.24, 2.45) is 11.8 Å². The summed E-state index contributed by atoms with van der Waals surface area (Å²) in [6.45, 7) is 6.14. The maximum atomic E-state index is 12.5. The van der Waals surface area contributed by atoms with Crippen LogP contribution < -0.4 is 0 Å². The van der Waals surface area contributed by atoms with E-state index >= 15 is 0 Å². The molecule has 2 fully saturated rings. The maximum Gasteiger partial charge on any atom is 0.164 e. The maximum absolute atomic E-state index is 12.5. The van der Waals surface area contributed by atoms with E-state index in [0.29, 0.717) is 6.61 Å². The largest absolute Gasteiger partial charge is 0.385 e. The first-order valence-corrected chi connectivity index (χ1v) is 8.05. The first-order chi connectivity index (χ1) is 9.62. The van der Waals surface area contributed by atoms with E-state index in [1.165, 1.54) is 0 Å². The standard InChI is InChI=1S/C16H28O4/c1-3-12(4-2)14(17)15(18)13-5-8-20-16(11-13)6-9-19-10-7-16/h12-14,17H,3-11H2,1-2H3. The number of carbonyl (C=O) groups excluding carboxylic acids is 1. The highest BCUT2D eigenvalue weighted by molar-refractivity contribution is 5.85. The minimum Gasteiger partial charge on any atom is -0.385 e. The second-order valence-electron chi connectivity index (χ2n) is 6.26. The molecule has 20 heavy (non-hydrogen) atoms. The number of aliphatic hydroxyl groups excluding tert-OH is 1. The molecule has 0 amide bonds. The third-order valence-corrected chi connectivity index (χ3v) is 5.09. The summed E-state index contributed by atoms with van der Waals surface area (Å²) < 4.78 is 11.4. The summed E-state index contributed by atoms with van der Waals surface area (Å²) in [4.78, 5) is 12.5. The van der Waals surface area contributed by atoms with Crippen LogP contribution in [0.3, 0.4) is 0 Å².